The molecule has 0 unspecified atom stereocenters. The lowest BCUT2D eigenvalue weighted by atomic mass is 10.3. The molecule has 0 fully saturated rings. The molecule has 0 aliphatic carbocycles. The van der Waals surface area contributed by atoms with Gasteiger partial charge in [-0.2, -0.15) is 62.5 Å². The fourth-order valence-electron chi connectivity index (χ4n) is 4.23. The van der Waals surface area contributed by atoms with Crippen LogP contribution in [0.1, 0.15) is 45.6 Å². The molecule has 0 atom stereocenters. The summed E-state index contributed by atoms with van der Waals surface area (Å²) < 4.78 is 0. The largest absolute Gasteiger partial charge is 0.267 e. The van der Waals surface area contributed by atoms with Gasteiger partial charge in [-0.05, 0) is 0 Å². The molecule has 4 aromatic rings. The Morgan fingerprint density at radius 2 is 0.595 bits per heavy atom. The monoisotopic (exact) mass is 496 g/mol. The van der Waals surface area contributed by atoms with E-state index in [1.807, 2.05) is 48.6 Å². The van der Waals surface area contributed by atoms with E-state index in [4.69, 9.17) is 0 Å². The normalized spacial score (nSPS) is 9.95. The number of nitrogens with one attached hydrogen (secondary N) is 4. The fourth-order valence-corrected chi connectivity index (χ4v) is 9.54. The second-order valence-electron chi connectivity index (χ2n) is 6.93. The van der Waals surface area contributed by atoms with Crippen molar-refractivity contribution in [1.82, 2.24) is 40.8 Å². The predicted octanol–water partition coefficient (Wildman–Crippen LogP) is -3.07. The summed E-state index contributed by atoms with van der Waals surface area (Å²) in [5, 5.41) is 104. The molecule has 0 spiro atoms. The fraction of sp³-hybridized carbons (Fsp3) is 0. The van der Waals surface area contributed by atoms with Crippen LogP contribution in [0.4, 0.5) is 0 Å². The predicted molar refractivity (Wildman–Crippen MR) is 116 cm³/mol. The third-order valence-corrected chi connectivity index (χ3v) is 10.4. The van der Waals surface area contributed by atoms with Gasteiger partial charge in [0.1, 0.15) is 71.3 Å². The van der Waals surface area contributed by atoms with Crippen LogP contribution in [0.25, 0.3) is 0 Å². The summed E-state index contributed by atoms with van der Waals surface area (Å²) >= 11 is 0. The molecule has 37 heavy (non-hydrogen) atoms. The minimum absolute atomic E-state index is 0.240. The van der Waals surface area contributed by atoms with Crippen molar-refractivity contribution in [2.75, 3.05) is 0 Å². The Morgan fingerprint density at radius 1 is 0.378 bits per heavy atom. The van der Waals surface area contributed by atoms with Gasteiger partial charge in [0.05, 0.1) is 0 Å². The zero-order chi connectivity index (χ0) is 26.7. The summed E-state index contributed by atoms with van der Waals surface area (Å²) in [4.78, 5) is 0. The van der Waals surface area contributed by atoms with Gasteiger partial charge in [0, 0.05) is 20.7 Å². The summed E-state index contributed by atoms with van der Waals surface area (Å²) in [6.07, 6.45) is 0. The number of hydrogen-bond donors (Lipinski definition) is 4. The van der Waals surface area contributed by atoms with Crippen molar-refractivity contribution in [3.63, 3.8) is 0 Å². The van der Waals surface area contributed by atoms with E-state index in [0.29, 0.717) is 0 Å². The summed E-state index contributed by atoms with van der Waals surface area (Å²) in [6.45, 7) is 0. The molecule has 0 bridgehead atoms. The van der Waals surface area contributed by atoms with Crippen molar-refractivity contribution in [3.05, 3.63) is 45.6 Å². The van der Waals surface area contributed by atoms with Gasteiger partial charge in [-0.15, -0.1) is 0 Å². The molecule has 0 radical (unpaired) electrons. The van der Waals surface area contributed by atoms with Gasteiger partial charge in [-0.25, -0.2) is 0 Å². The van der Waals surface area contributed by atoms with Gasteiger partial charge in [0.25, 0.3) is 0 Å². The van der Waals surface area contributed by atoms with Gasteiger partial charge in [-0.1, -0.05) is 0 Å². The molecule has 0 aromatic carbocycles. The second-order valence-corrected chi connectivity index (χ2v) is 10.4. The van der Waals surface area contributed by atoms with E-state index in [1.54, 1.807) is 0 Å². The Bertz CT molecular complexity index is 1530. The first-order valence-corrected chi connectivity index (χ1v) is 11.6. The Hall–Kier alpha value is -7.02. The topological polar surface area (TPSA) is 305 Å². The number of aromatic amines is 4. The number of hydrogen-bond acceptors (Lipinski definition) is 12. The second kappa shape index (κ2) is 8.73. The zero-order valence-electron chi connectivity index (χ0n) is 17.9. The maximum atomic E-state index is 9.97. The lowest BCUT2D eigenvalue weighted by Gasteiger charge is -2.31. The van der Waals surface area contributed by atoms with Crippen molar-refractivity contribution >= 4 is 28.8 Å². The molecular weight excluding hydrogens is 492 g/mol. The van der Waals surface area contributed by atoms with Gasteiger partial charge in [-0.3, -0.25) is 20.4 Å². The molecule has 0 aliphatic heterocycles. The van der Waals surface area contributed by atoms with Crippen molar-refractivity contribution in [2.45, 2.75) is 0 Å². The number of aromatic nitrogens is 8. The molecule has 4 N–H and O–H groups in total. The van der Waals surface area contributed by atoms with Crippen LogP contribution in [0.3, 0.4) is 0 Å². The van der Waals surface area contributed by atoms with E-state index in [-0.39, 0.29) is 43.5 Å². The minimum atomic E-state index is -4.77. The van der Waals surface area contributed by atoms with Crippen LogP contribution in [0.5, 0.6) is 0 Å². The lowest BCUT2D eigenvalue weighted by Crippen LogP contribution is -2.78. The third-order valence-electron chi connectivity index (χ3n) is 5.44. The maximum absolute atomic E-state index is 9.97. The highest BCUT2D eigenvalue weighted by atomic mass is 28.3. The van der Waals surface area contributed by atoms with E-state index in [9.17, 15) is 42.1 Å². The van der Waals surface area contributed by atoms with Crippen LogP contribution < -0.4 is 20.7 Å². The van der Waals surface area contributed by atoms with Crippen molar-refractivity contribution in [2.24, 2.45) is 0 Å². The molecule has 0 aliphatic rings. The molecule has 16 nitrogen and oxygen atoms in total. The molecule has 4 aromatic heterocycles. The molecule has 4 rings (SSSR count). The highest BCUT2D eigenvalue weighted by Gasteiger charge is 2.57. The van der Waals surface area contributed by atoms with Crippen molar-refractivity contribution < 1.29 is 0 Å². The Labute approximate surface area is 206 Å². The van der Waals surface area contributed by atoms with Crippen LogP contribution in [0.15, 0.2) is 0 Å². The Morgan fingerprint density at radius 3 is 0.757 bits per heavy atom. The van der Waals surface area contributed by atoms with Gasteiger partial charge < -0.3 is 0 Å². The number of rotatable bonds is 4. The van der Waals surface area contributed by atoms with Gasteiger partial charge in [0.2, 0.25) is 8.07 Å². The first-order valence-electron chi connectivity index (χ1n) is 9.58. The summed E-state index contributed by atoms with van der Waals surface area (Å²) in [5.41, 5.74) is -3.05. The highest BCUT2D eigenvalue weighted by Crippen LogP contribution is 2.20. The molecule has 17 heteroatoms. The maximum Gasteiger partial charge on any atom is 0.207 e. The molecule has 4 heterocycles. The molecule has 0 saturated heterocycles. The quantitative estimate of drug-likeness (QED) is 0.204. The van der Waals surface area contributed by atoms with E-state index in [2.05, 4.69) is 40.8 Å². The van der Waals surface area contributed by atoms with Crippen LogP contribution in [-0.2, 0) is 0 Å². The third kappa shape index (κ3) is 2.92. The zero-order valence-corrected chi connectivity index (χ0v) is 18.9. The van der Waals surface area contributed by atoms with Crippen LogP contribution in [0, 0.1) is 90.6 Å². The summed E-state index contributed by atoms with van der Waals surface area (Å²) in [6, 6.07) is 14.6. The smallest absolute Gasteiger partial charge is 0.207 e. The number of nitriles is 8. The SMILES string of the molecule is N#Cc1n[nH]c(C#N)c1[Si](c1c(C#N)n[nH]c1C#N)(c1c(C#N)n[nH]c1C#N)c1c(C#N)n[nH]c1C#N. The van der Waals surface area contributed by atoms with Gasteiger partial charge in [0.15, 0.2) is 22.8 Å². The first kappa shape index (κ1) is 23.1. The molecule has 168 valence electrons. The molecular formula is C20H4N16Si. The average Bonchev–Trinajstić information content (AvgIpc) is 3.73. The van der Waals surface area contributed by atoms with Crippen LogP contribution in [-0.4, -0.2) is 48.9 Å². The number of H-pyrrole nitrogens is 4. The lowest BCUT2D eigenvalue weighted by molar-refractivity contribution is 1.06. The van der Waals surface area contributed by atoms with E-state index in [1.165, 1.54) is 0 Å². The highest BCUT2D eigenvalue weighted by molar-refractivity contribution is 7.21. The minimum Gasteiger partial charge on any atom is -0.267 e. The molecule has 0 amide bonds. The average molecular weight is 496 g/mol. The standard InChI is InChI=1S/C20H4N16Si/c21-1-9-17(10(2-22)30-29-9)37(18-11(3-23)31-32-12(18)4-24,19-13(5-25)33-34-14(19)6-26)20-15(7-27)35-36-16(20)8-28/h(H,29,30)(H,31,32)(H,33,34)(H,35,36). The van der Waals surface area contributed by atoms with Crippen LogP contribution in [0.2, 0.25) is 0 Å². The molecule has 0 saturated carbocycles. The number of nitrogens with zero attached hydrogens (tertiary/aromatic N) is 12. The summed E-state index contributed by atoms with van der Waals surface area (Å²) in [7, 11) is -4.77. The first-order chi connectivity index (χ1) is 18.0. The van der Waals surface area contributed by atoms with E-state index >= 15 is 0 Å². The van der Waals surface area contributed by atoms with Crippen LogP contribution >= 0.6 is 0 Å². The Balaban J connectivity index is 2.55. The Kier molecular flexibility index (Phi) is 5.46. The summed E-state index contributed by atoms with van der Waals surface area (Å²) in [5.74, 6) is 0. The van der Waals surface area contributed by atoms with Crippen molar-refractivity contribution in [3.8, 4) is 48.6 Å². The van der Waals surface area contributed by atoms with Gasteiger partial charge >= 0.3 is 0 Å². The van der Waals surface area contributed by atoms with E-state index in [0.717, 1.165) is 0 Å². The van der Waals surface area contributed by atoms with Crippen molar-refractivity contribution in [1.29, 1.82) is 42.1 Å². The van der Waals surface area contributed by atoms with E-state index < -0.39 is 30.8 Å².